The molecule has 0 amide bonds. The highest BCUT2D eigenvalue weighted by atomic mass is 15.2. The van der Waals surface area contributed by atoms with Crippen molar-refractivity contribution >= 4 is 11.8 Å². The van der Waals surface area contributed by atoms with Crippen LogP contribution in [0.25, 0.3) is 11.8 Å². The first kappa shape index (κ1) is 18.2. The van der Waals surface area contributed by atoms with Crippen LogP contribution in [0.3, 0.4) is 0 Å². The van der Waals surface area contributed by atoms with Gasteiger partial charge in [-0.25, -0.2) is 0 Å². The number of rotatable bonds is 5. The van der Waals surface area contributed by atoms with Gasteiger partial charge in [-0.05, 0) is 38.8 Å². The molecule has 4 heteroatoms. The summed E-state index contributed by atoms with van der Waals surface area (Å²) < 4.78 is 0. The Morgan fingerprint density at radius 2 is 2.08 bits per heavy atom. The first-order chi connectivity index (χ1) is 12.2. The Morgan fingerprint density at radius 3 is 2.88 bits per heavy atom. The van der Waals surface area contributed by atoms with Gasteiger partial charge >= 0.3 is 0 Å². The molecular formula is C21H32N4. The van der Waals surface area contributed by atoms with Crippen LogP contribution in [0, 0.1) is 0 Å². The van der Waals surface area contributed by atoms with Gasteiger partial charge in [-0.15, -0.1) is 0 Å². The molecule has 1 atom stereocenters. The average Bonchev–Trinajstić information content (AvgIpc) is 2.97. The number of fused-ring (bicyclic) bond motifs is 1. The minimum absolute atomic E-state index is 0.629. The van der Waals surface area contributed by atoms with E-state index in [4.69, 9.17) is 10.7 Å². The Balaban J connectivity index is 1.85. The second-order valence-electron chi connectivity index (χ2n) is 7.26. The molecule has 2 aliphatic rings. The van der Waals surface area contributed by atoms with E-state index in [0.29, 0.717) is 6.04 Å². The highest BCUT2D eigenvalue weighted by molar-refractivity contribution is 5.53. The molecule has 3 rings (SSSR count). The number of pyridine rings is 1. The summed E-state index contributed by atoms with van der Waals surface area (Å²) in [6, 6.07) is 4.84. The molecule has 0 saturated carbocycles. The van der Waals surface area contributed by atoms with Crippen LogP contribution in [0.4, 0.5) is 0 Å². The van der Waals surface area contributed by atoms with Crippen molar-refractivity contribution in [1.29, 1.82) is 0 Å². The van der Waals surface area contributed by atoms with Crippen molar-refractivity contribution in [1.82, 2.24) is 14.8 Å². The molecule has 2 N–H and O–H groups in total. The average molecular weight is 341 g/mol. The molecule has 1 aliphatic heterocycles. The van der Waals surface area contributed by atoms with Gasteiger partial charge in [-0.1, -0.05) is 30.7 Å². The third-order valence-electron chi connectivity index (χ3n) is 5.51. The molecule has 2 heterocycles. The number of hydrogen-bond acceptors (Lipinski definition) is 4. The molecule has 25 heavy (non-hydrogen) atoms. The lowest BCUT2D eigenvalue weighted by Crippen LogP contribution is -2.40. The van der Waals surface area contributed by atoms with Crippen molar-refractivity contribution in [2.75, 3.05) is 32.7 Å². The lowest BCUT2D eigenvalue weighted by atomic mass is 10.1. The summed E-state index contributed by atoms with van der Waals surface area (Å²) in [4.78, 5) is 9.96. The molecule has 136 valence electrons. The van der Waals surface area contributed by atoms with Crippen molar-refractivity contribution in [3.63, 3.8) is 0 Å². The fourth-order valence-electron chi connectivity index (χ4n) is 4.10. The molecule has 1 aromatic rings. The van der Waals surface area contributed by atoms with Gasteiger partial charge in [-0.3, -0.25) is 9.88 Å². The maximum atomic E-state index is 5.82. The van der Waals surface area contributed by atoms with Gasteiger partial charge in [0.2, 0.25) is 0 Å². The van der Waals surface area contributed by atoms with Crippen molar-refractivity contribution in [2.45, 2.75) is 45.6 Å². The SMILES string of the molecule is CCC(CCN)N1CCCN(C2=c3ncccc3=CC=C(C)C2)CC1. The summed E-state index contributed by atoms with van der Waals surface area (Å²) in [5, 5.41) is 2.41. The van der Waals surface area contributed by atoms with E-state index in [2.05, 4.69) is 41.9 Å². The van der Waals surface area contributed by atoms with Crippen LogP contribution < -0.4 is 16.3 Å². The topological polar surface area (TPSA) is 45.4 Å². The zero-order valence-electron chi connectivity index (χ0n) is 15.7. The number of aromatic nitrogens is 1. The van der Waals surface area contributed by atoms with Crippen molar-refractivity contribution in [2.24, 2.45) is 5.73 Å². The zero-order chi connectivity index (χ0) is 17.6. The molecule has 0 spiro atoms. The standard InChI is InChI=1S/C21H32N4/c1-3-19(9-10-22)24-12-5-13-25(15-14-24)20-16-17(2)7-8-18-6-4-11-23-21(18)20/h4,6-8,11,19H,3,5,9-10,12-16,22H2,1-2H3. The van der Waals surface area contributed by atoms with E-state index in [-0.39, 0.29) is 0 Å². The first-order valence-electron chi connectivity index (χ1n) is 9.73. The highest BCUT2D eigenvalue weighted by Gasteiger charge is 2.22. The quantitative estimate of drug-likeness (QED) is 0.881. The number of nitrogens with zero attached hydrogens (tertiary/aromatic N) is 3. The van der Waals surface area contributed by atoms with E-state index in [1.807, 2.05) is 12.3 Å². The summed E-state index contributed by atoms with van der Waals surface area (Å²) in [6.45, 7) is 9.80. The number of allylic oxidation sites excluding steroid dienone is 1. The Hall–Kier alpha value is -1.65. The minimum Gasteiger partial charge on any atom is -0.371 e. The second-order valence-corrected chi connectivity index (χ2v) is 7.26. The Bertz CT molecular complexity index is 722. The summed E-state index contributed by atoms with van der Waals surface area (Å²) in [5.74, 6) is 0. The second kappa shape index (κ2) is 8.63. The summed E-state index contributed by atoms with van der Waals surface area (Å²) in [5.41, 5.74) is 8.62. The molecule has 1 fully saturated rings. The van der Waals surface area contributed by atoms with Gasteiger partial charge in [0, 0.05) is 55.8 Å². The lowest BCUT2D eigenvalue weighted by Gasteiger charge is -2.30. The van der Waals surface area contributed by atoms with E-state index in [9.17, 15) is 0 Å². The molecule has 0 aromatic carbocycles. The van der Waals surface area contributed by atoms with Gasteiger partial charge in [0.15, 0.2) is 0 Å². The van der Waals surface area contributed by atoms with Gasteiger partial charge < -0.3 is 10.6 Å². The van der Waals surface area contributed by atoms with E-state index in [1.54, 1.807) is 0 Å². The molecule has 1 saturated heterocycles. The van der Waals surface area contributed by atoms with E-state index >= 15 is 0 Å². The van der Waals surface area contributed by atoms with E-state index in [1.165, 1.54) is 35.9 Å². The van der Waals surface area contributed by atoms with Crippen LogP contribution in [-0.4, -0.2) is 53.5 Å². The fraction of sp³-hybridized carbons (Fsp3) is 0.571. The van der Waals surface area contributed by atoms with Crippen LogP contribution in [-0.2, 0) is 0 Å². The minimum atomic E-state index is 0.629. The Labute approximate surface area is 151 Å². The third kappa shape index (κ3) is 4.31. The maximum absolute atomic E-state index is 5.82. The smallest absolute Gasteiger partial charge is 0.0896 e. The first-order valence-corrected chi connectivity index (χ1v) is 9.73. The van der Waals surface area contributed by atoms with Crippen LogP contribution in [0.15, 0.2) is 30.0 Å². The molecule has 0 radical (unpaired) electrons. The third-order valence-corrected chi connectivity index (χ3v) is 5.51. The Kier molecular flexibility index (Phi) is 6.27. The Morgan fingerprint density at radius 1 is 1.20 bits per heavy atom. The summed E-state index contributed by atoms with van der Waals surface area (Å²) in [7, 11) is 0. The maximum Gasteiger partial charge on any atom is 0.0896 e. The monoisotopic (exact) mass is 340 g/mol. The van der Waals surface area contributed by atoms with Gasteiger partial charge in [0.05, 0.1) is 5.35 Å². The normalized spacial score (nSPS) is 20.2. The number of nitrogens with two attached hydrogens (primary N) is 1. The molecule has 1 unspecified atom stereocenters. The van der Waals surface area contributed by atoms with E-state index in [0.717, 1.165) is 44.4 Å². The molecule has 4 nitrogen and oxygen atoms in total. The largest absolute Gasteiger partial charge is 0.371 e. The van der Waals surface area contributed by atoms with Crippen LogP contribution in [0.2, 0.25) is 0 Å². The summed E-state index contributed by atoms with van der Waals surface area (Å²) in [6.07, 6.45) is 10.9. The molecule has 1 aromatic heterocycles. The fourth-order valence-corrected chi connectivity index (χ4v) is 4.10. The zero-order valence-corrected chi connectivity index (χ0v) is 15.7. The summed E-state index contributed by atoms with van der Waals surface area (Å²) >= 11 is 0. The van der Waals surface area contributed by atoms with Crippen LogP contribution in [0.5, 0.6) is 0 Å². The lowest BCUT2D eigenvalue weighted by molar-refractivity contribution is 0.191. The van der Waals surface area contributed by atoms with Gasteiger partial charge in [-0.2, -0.15) is 0 Å². The highest BCUT2D eigenvalue weighted by Crippen LogP contribution is 2.20. The van der Waals surface area contributed by atoms with Crippen LogP contribution >= 0.6 is 0 Å². The van der Waals surface area contributed by atoms with Crippen molar-refractivity contribution < 1.29 is 0 Å². The molecule has 0 bridgehead atoms. The van der Waals surface area contributed by atoms with Crippen molar-refractivity contribution in [3.8, 4) is 0 Å². The van der Waals surface area contributed by atoms with E-state index < -0.39 is 0 Å². The molecular weight excluding hydrogens is 308 g/mol. The predicted molar refractivity (Wildman–Crippen MR) is 105 cm³/mol. The predicted octanol–water partition coefficient (Wildman–Crippen LogP) is 1.46. The van der Waals surface area contributed by atoms with Crippen molar-refractivity contribution in [3.05, 3.63) is 40.5 Å². The number of hydrogen-bond donors (Lipinski definition) is 1. The van der Waals surface area contributed by atoms with Gasteiger partial charge in [0.25, 0.3) is 0 Å². The van der Waals surface area contributed by atoms with Crippen LogP contribution in [0.1, 0.15) is 39.5 Å². The molecule has 1 aliphatic carbocycles. The van der Waals surface area contributed by atoms with Gasteiger partial charge in [0.1, 0.15) is 0 Å².